The number of hydrogen-bond donors (Lipinski definition) is 1. The predicted octanol–water partition coefficient (Wildman–Crippen LogP) is 3.25. The fraction of sp³-hybridized carbons (Fsp3) is 0.0952. The van der Waals surface area contributed by atoms with Gasteiger partial charge in [-0.05, 0) is 31.2 Å². The van der Waals surface area contributed by atoms with Crippen LogP contribution in [0.5, 0.6) is 0 Å². The summed E-state index contributed by atoms with van der Waals surface area (Å²) in [4.78, 5) is 20.8. The smallest absolute Gasteiger partial charge is 0.264 e. The van der Waals surface area contributed by atoms with Crippen LogP contribution in [-0.2, 0) is 21.2 Å². The maximum Gasteiger partial charge on any atom is 0.264 e. The van der Waals surface area contributed by atoms with Crippen molar-refractivity contribution in [1.82, 2.24) is 14.7 Å². The predicted molar refractivity (Wildman–Crippen MR) is 107 cm³/mol. The van der Waals surface area contributed by atoms with Crippen LogP contribution < -0.4 is 4.72 Å². The number of amides is 1. The van der Waals surface area contributed by atoms with Crippen molar-refractivity contribution in [2.24, 2.45) is 0 Å². The Kier molecular flexibility index (Phi) is 4.85. The zero-order chi connectivity index (χ0) is 20.4. The highest BCUT2D eigenvalue weighted by atomic mass is 32.2. The summed E-state index contributed by atoms with van der Waals surface area (Å²) in [7, 11) is -4.05. The number of pyridine rings is 1. The molecule has 0 saturated carbocycles. The van der Waals surface area contributed by atoms with Gasteiger partial charge in [-0.2, -0.15) is 0 Å². The molecule has 0 atom stereocenters. The molecule has 0 fully saturated rings. The monoisotopic (exact) mass is 407 g/mol. The lowest BCUT2D eigenvalue weighted by molar-refractivity contribution is -0.118. The minimum absolute atomic E-state index is 0.0209. The molecule has 0 aliphatic heterocycles. The SMILES string of the molecule is Cc1oc(-c2ccccc2)nc1CC(=O)NS(=O)(=O)c1cccc2cnccc12. The van der Waals surface area contributed by atoms with Crippen LogP contribution in [0, 0.1) is 6.92 Å². The van der Waals surface area contributed by atoms with Gasteiger partial charge in [-0.25, -0.2) is 18.1 Å². The van der Waals surface area contributed by atoms with E-state index in [2.05, 4.69) is 14.7 Å². The van der Waals surface area contributed by atoms with Crippen molar-refractivity contribution < 1.29 is 17.6 Å². The fourth-order valence-corrected chi connectivity index (χ4v) is 4.23. The number of carbonyl (C=O) groups excluding carboxylic acids is 1. The largest absolute Gasteiger partial charge is 0.441 e. The van der Waals surface area contributed by atoms with E-state index in [1.807, 2.05) is 30.3 Å². The molecule has 4 aromatic rings. The number of aryl methyl sites for hydroxylation is 1. The molecule has 2 aromatic heterocycles. The van der Waals surface area contributed by atoms with Gasteiger partial charge in [-0.1, -0.05) is 30.3 Å². The zero-order valence-corrected chi connectivity index (χ0v) is 16.3. The molecule has 1 N–H and O–H groups in total. The van der Waals surface area contributed by atoms with E-state index in [9.17, 15) is 13.2 Å². The lowest BCUT2D eigenvalue weighted by atomic mass is 10.2. The molecule has 1 amide bonds. The standard InChI is InChI=1S/C21H17N3O4S/c1-14-18(23-21(28-14)15-6-3-2-4-7-15)12-20(25)24-29(26,27)19-9-5-8-16-13-22-11-10-17(16)19/h2-11,13H,12H2,1H3,(H,24,25). The number of nitrogens with zero attached hydrogens (tertiary/aromatic N) is 2. The molecule has 146 valence electrons. The molecule has 2 heterocycles. The molecule has 0 saturated heterocycles. The van der Waals surface area contributed by atoms with Gasteiger partial charge in [0.05, 0.1) is 17.0 Å². The first-order valence-electron chi connectivity index (χ1n) is 8.84. The second kappa shape index (κ2) is 7.48. The van der Waals surface area contributed by atoms with E-state index in [-0.39, 0.29) is 11.3 Å². The first-order chi connectivity index (χ1) is 13.9. The lowest BCUT2D eigenvalue weighted by Crippen LogP contribution is -2.32. The summed E-state index contributed by atoms with van der Waals surface area (Å²) in [6, 6.07) is 15.7. The Bertz CT molecular complexity index is 1290. The van der Waals surface area contributed by atoms with Gasteiger partial charge in [0, 0.05) is 28.7 Å². The molecule has 2 aromatic carbocycles. The normalized spacial score (nSPS) is 11.5. The van der Waals surface area contributed by atoms with Crippen LogP contribution in [0.4, 0.5) is 0 Å². The van der Waals surface area contributed by atoms with Gasteiger partial charge in [0.25, 0.3) is 10.0 Å². The van der Waals surface area contributed by atoms with Crippen molar-refractivity contribution >= 4 is 26.7 Å². The molecule has 7 nitrogen and oxygen atoms in total. The summed E-state index contributed by atoms with van der Waals surface area (Å²) in [6.45, 7) is 1.69. The number of aromatic nitrogens is 2. The van der Waals surface area contributed by atoms with Crippen LogP contribution in [-0.4, -0.2) is 24.3 Å². The average molecular weight is 407 g/mol. The third-order valence-electron chi connectivity index (χ3n) is 4.42. The van der Waals surface area contributed by atoms with Crippen molar-refractivity contribution in [2.75, 3.05) is 0 Å². The van der Waals surface area contributed by atoms with Crippen molar-refractivity contribution in [1.29, 1.82) is 0 Å². The quantitative estimate of drug-likeness (QED) is 0.545. The third kappa shape index (κ3) is 3.88. The molecule has 0 aliphatic rings. The Hall–Kier alpha value is -3.52. The Morgan fingerprint density at radius 3 is 2.66 bits per heavy atom. The topological polar surface area (TPSA) is 102 Å². The summed E-state index contributed by atoms with van der Waals surface area (Å²) >= 11 is 0. The van der Waals surface area contributed by atoms with Gasteiger partial charge in [0.2, 0.25) is 11.8 Å². The van der Waals surface area contributed by atoms with Crippen molar-refractivity contribution in [3.63, 3.8) is 0 Å². The Morgan fingerprint density at radius 2 is 1.86 bits per heavy atom. The van der Waals surface area contributed by atoms with E-state index in [0.717, 1.165) is 5.56 Å². The van der Waals surface area contributed by atoms with Crippen LogP contribution >= 0.6 is 0 Å². The van der Waals surface area contributed by atoms with Crippen molar-refractivity contribution in [3.8, 4) is 11.5 Å². The number of carbonyl (C=O) groups is 1. The molecular formula is C21H17N3O4S. The summed E-state index contributed by atoms with van der Waals surface area (Å²) in [5.41, 5.74) is 1.16. The van der Waals surface area contributed by atoms with E-state index in [1.54, 1.807) is 31.3 Å². The van der Waals surface area contributed by atoms with Crippen molar-refractivity contribution in [2.45, 2.75) is 18.2 Å². The van der Waals surface area contributed by atoms with Crippen molar-refractivity contribution in [3.05, 3.63) is 78.4 Å². The highest BCUT2D eigenvalue weighted by Crippen LogP contribution is 2.23. The van der Waals surface area contributed by atoms with Crippen LogP contribution in [0.2, 0.25) is 0 Å². The number of benzene rings is 2. The van der Waals surface area contributed by atoms with E-state index in [1.165, 1.54) is 12.3 Å². The summed E-state index contributed by atoms with van der Waals surface area (Å²) in [6.07, 6.45) is 2.86. The minimum Gasteiger partial charge on any atom is -0.441 e. The zero-order valence-electron chi connectivity index (χ0n) is 15.5. The number of rotatable bonds is 5. The van der Waals surface area contributed by atoms with Gasteiger partial charge in [0.15, 0.2) is 0 Å². The second-order valence-corrected chi connectivity index (χ2v) is 8.10. The highest BCUT2D eigenvalue weighted by molar-refractivity contribution is 7.90. The second-order valence-electron chi connectivity index (χ2n) is 6.45. The summed E-state index contributed by atoms with van der Waals surface area (Å²) in [5, 5.41) is 1.16. The van der Waals surface area contributed by atoms with Gasteiger partial charge >= 0.3 is 0 Å². The molecule has 0 aliphatic carbocycles. The van der Waals surface area contributed by atoms with Gasteiger partial charge in [-0.3, -0.25) is 9.78 Å². The van der Waals surface area contributed by atoms with Gasteiger partial charge in [-0.15, -0.1) is 0 Å². The number of nitrogens with one attached hydrogen (secondary N) is 1. The lowest BCUT2D eigenvalue weighted by Gasteiger charge is -2.09. The number of fused-ring (bicyclic) bond motifs is 1. The Morgan fingerprint density at radius 1 is 1.07 bits per heavy atom. The Balaban J connectivity index is 1.56. The maximum absolute atomic E-state index is 12.8. The van der Waals surface area contributed by atoms with Crippen LogP contribution in [0.15, 0.2) is 76.3 Å². The molecule has 0 bridgehead atoms. The minimum atomic E-state index is -4.05. The van der Waals surface area contributed by atoms with E-state index in [0.29, 0.717) is 28.1 Å². The van der Waals surface area contributed by atoms with E-state index >= 15 is 0 Å². The van der Waals surface area contributed by atoms with Crippen LogP contribution in [0.3, 0.4) is 0 Å². The van der Waals surface area contributed by atoms with Gasteiger partial charge < -0.3 is 4.42 Å². The molecular weight excluding hydrogens is 390 g/mol. The maximum atomic E-state index is 12.8. The van der Waals surface area contributed by atoms with Crippen LogP contribution in [0.25, 0.3) is 22.2 Å². The number of oxazole rings is 1. The number of sulfonamides is 1. The molecule has 0 radical (unpaired) electrons. The van der Waals surface area contributed by atoms with E-state index in [4.69, 9.17) is 4.42 Å². The molecule has 0 spiro atoms. The molecule has 8 heteroatoms. The van der Waals surface area contributed by atoms with Crippen LogP contribution in [0.1, 0.15) is 11.5 Å². The highest BCUT2D eigenvalue weighted by Gasteiger charge is 2.22. The summed E-state index contributed by atoms with van der Waals surface area (Å²) in [5.74, 6) is 0.162. The first-order valence-corrected chi connectivity index (χ1v) is 10.3. The third-order valence-corrected chi connectivity index (χ3v) is 5.85. The molecule has 29 heavy (non-hydrogen) atoms. The average Bonchev–Trinajstić information content (AvgIpc) is 3.08. The number of hydrogen-bond acceptors (Lipinski definition) is 6. The fourth-order valence-electron chi connectivity index (χ4n) is 3.02. The van der Waals surface area contributed by atoms with Gasteiger partial charge in [0.1, 0.15) is 5.76 Å². The summed E-state index contributed by atoms with van der Waals surface area (Å²) < 4.78 is 33.3. The molecule has 0 unspecified atom stereocenters. The Labute approximate surface area is 167 Å². The first kappa shape index (κ1) is 18.8. The molecule has 4 rings (SSSR count). The van der Waals surface area contributed by atoms with E-state index < -0.39 is 15.9 Å².